The van der Waals surface area contributed by atoms with E-state index in [4.69, 9.17) is 11.6 Å². The van der Waals surface area contributed by atoms with Crippen LogP contribution in [0, 0.1) is 20.2 Å². The Balaban J connectivity index is 0.00000341. The predicted molar refractivity (Wildman–Crippen MR) is 112 cm³/mol. The molecule has 0 aliphatic rings. The number of hydrogen-bond donors (Lipinski definition) is 2. The third-order valence-electron chi connectivity index (χ3n) is 3.93. The summed E-state index contributed by atoms with van der Waals surface area (Å²) in [5.41, 5.74) is -1.85. The number of phenolic OH excluding ortho intramolecular Hbond substituents is 1. The second kappa shape index (κ2) is 9.21. The van der Waals surface area contributed by atoms with Gasteiger partial charge in [0.25, 0.3) is 15.8 Å². The molecule has 0 unspecified atom stereocenters. The molecule has 0 bridgehead atoms. The molecule has 3 aromatic carbocycles. The first-order valence-corrected chi connectivity index (χ1v) is 9.58. The van der Waals surface area contributed by atoms with E-state index in [2.05, 4.69) is 10.2 Å². The van der Waals surface area contributed by atoms with Gasteiger partial charge in [-0.3, -0.25) is 24.8 Å². The number of aromatic hydroxyl groups is 1. The third kappa shape index (κ3) is 5.15. The average molecular weight is 477 g/mol. The fourth-order valence-electron chi connectivity index (χ4n) is 2.56. The molecular weight excluding hydrogens is 467 g/mol. The standard InChI is InChI=1S/C16H9ClN4O8S.Na.H/c17-12-5-8(20(23)24)6-14(21(25)26)16(12)19-18-13-3-4-15(22)10-2-1-9(7-11(10)13)30(27,28)29;;/h1-7,22H,(H,27,28,29);;. The number of non-ortho nitro benzene ring substituents is 1. The van der Waals surface area contributed by atoms with Crippen LogP contribution in [0.3, 0.4) is 0 Å². The van der Waals surface area contributed by atoms with Crippen LogP contribution in [-0.4, -0.2) is 57.5 Å². The van der Waals surface area contributed by atoms with Crippen LogP contribution in [0.15, 0.2) is 57.6 Å². The van der Waals surface area contributed by atoms with Crippen LogP contribution in [0.2, 0.25) is 5.02 Å². The Morgan fingerprint density at radius 3 is 2.19 bits per heavy atom. The molecule has 0 heterocycles. The number of azo groups is 1. The summed E-state index contributed by atoms with van der Waals surface area (Å²) in [6.07, 6.45) is 0. The van der Waals surface area contributed by atoms with Crippen molar-refractivity contribution in [3.8, 4) is 5.75 Å². The Kier molecular flexibility index (Phi) is 7.31. The third-order valence-corrected chi connectivity index (χ3v) is 5.07. The molecular formula is C16H10ClN4NaO8S. The number of hydrogen-bond acceptors (Lipinski definition) is 9. The van der Waals surface area contributed by atoms with Crippen LogP contribution in [0.4, 0.5) is 22.7 Å². The van der Waals surface area contributed by atoms with Gasteiger partial charge < -0.3 is 5.11 Å². The predicted octanol–water partition coefficient (Wildman–Crippen LogP) is 4.03. The Hall–Kier alpha value is -2.68. The summed E-state index contributed by atoms with van der Waals surface area (Å²) in [7, 11) is -4.56. The molecule has 3 rings (SSSR count). The molecule has 0 spiro atoms. The second-order valence-corrected chi connectivity index (χ2v) is 7.62. The van der Waals surface area contributed by atoms with Crippen molar-refractivity contribution < 1.29 is 27.9 Å². The van der Waals surface area contributed by atoms with Gasteiger partial charge >= 0.3 is 35.2 Å². The van der Waals surface area contributed by atoms with Gasteiger partial charge in [-0.2, -0.15) is 8.42 Å². The molecule has 0 atom stereocenters. The second-order valence-electron chi connectivity index (χ2n) is 5.80. The first kappa shape index (κ1) is 24.6. The van der Waals surface area contributed by atoms with Crippen LogP contribution < -0.4 is 0 Å². The Morgan fingerprint density at radius 2 is 1.61 bits per heavy atom. The first-order chi connectivity index (χ1) is 14.0. The summed E-state index contributed by atoms with van der Waals surface area (Å²) >= 11 is 5.90. The molecule has 31 heavy (non-hydrogen) atoms. The van der Waals surface area contributed by atoms with Crippen molar-refractivity contribution in [1.29, 1.82) is 0 Å². The monoisotopic (exact) mass is 476 g/mol. The van der Waals surface area contributed by atoms with E-state index in [1.807, 2.05) is 0 Å². The molecule has 0 aliphatic heterocycles. The van der Waals surface area contributed by atoms with Crippen LogP contribution in [0.5, 0.6) is 5.75 Å². The molecule has 3 aromatic rings. The molecule has 156 valence electrons. The summed E-state index contributed by atoms with van der Waals surface area (Å²) in [6.45, 7) is 0. The van der Waals surface area contributed by atoms with E-state index in [1.165, 1.54) is 18.2 Å². The van der Waals surface area contributed by atoms with Crippen molar-refractivity contribution in [2.45, 2.75) is 4.90 Å². The number of phenols is 1. The summed E-state index contributed by atoms with van der Waals surface area (Å²) < 4.78 is 32.0. The van der Waals surface area contributed by atoms with Crippen molar-refractivity contribution in [3.05, 3.63) is 67.7 Å². The Morgan fingerprint density at radius 1 is 0.935 bits per heavy atom. The quantitative estimate of drug-likeness (QED) is 0.181. The summed E-state index contributed by atoms with van der Waals surface area (Å²) in [5, 5.41) is 39.5. The zero-order valence-electron chi connectivity index (χ0n) is 14.5. The minimum atomic E-state index is -4.56. The van der Waals surface area contributed by atoms with E-state index in [1.54, 1.807) is 0 Å². The zero-order valence-corrected chi connectivity index (χ0v) is 16.0. The van der Waals surface area contributed by atoms with E-state index in [0.29, 0.717) is 6.07 Å². The molecule has 0 saturated heterocycles. The van der Waals surface area contributed by atoms with Gasteiger partial charge in [0, 0.05) is 16.8 Å². The molecule has 2 N–H and O–H groups in total. The van der Waals surface area contributed by atoms with Gasteiger partial charge in [-0.05, 0) is 30.3 Å². The van der Waals surface area contributed by atoms with E-state index < -0.39 is 46.9 Å². The van der Waals surface area contributed by atoms with Gasteiger partial charge in [-0.1, -0.05) is 11.6 Å². The van der Waals surface area contributed by atoms with E-state index in [-0.39, 0.29) is 51.8 Å². The SMILES string of the molecule is O=[N+]([O-])c1cc(Cl)c(N=Nc2ccc(O)c3ccc(S(=O)(=O)O)cc23)c([N+](=O)[O-])c1.[NaH]. The first-order valence-electron chi connectivity index (χ1n) is 7.76. The molecule has 0 amide bonds. The van der Waals surface area contributed by atoms with Crippen molar-refractivity contribution in [2.75, 3.05) is 0 Å². The maximum absolute atomic E-state index is 11.4. The zero-order chi connectivity index (χ0) is 22.2. The Labute approximate surface area is 200 Å². The van der Waals surface area contributed by atoms with Gasteiger partial charge in [0.2, 0.25) is 0 Å². The van der Waals surface area contributed by atoms with Gasteiger partial charge in [0.05, 0.1) is 31.5 Å². The van der Waals surface area contributed by atoms with Crippen LogP contribution >= 0.6 is 11.6 Å². The average Bonchev–Trinajstić information content (AvgIpc) is 2.66. The fourth-order valence-corrected chi connectivity index (χ4v) is 3.31. The van der Waals surface area contributed by atoms with Crippen LogP contribution in [0.1, 0.15) is 0 Å². The van der Waals surface area contributed by atoms with Crippen molar-refractivity contribution in [1.82, 2.24) is 0 Å². The van der Waals surface area contributed by atoms with Crippen LogP contribution in [-0.2, 0) is 10.1 Å². The summed E-state index contributed by atoms with van der Waals surface area (Å²) in [6, 6.07) is 7.35. The molecule has 0 aliphatic carbocycles. The van der Waals surface area contributed by atoms with Crippen molar-refractivity contribution in [3.63, 3.8) is 0 Å². The summed E-state index contributed by atoms with van der Waals surface area (Å²) in [5.74, 6) is -0.217. The van der Waals surface area contributed by atoms with Gasteiger partial charge in [0.1, 0.15) is 5.75 Å². The van der Waals surface area contributed by atoms with Crippen molar-refractivity contribution >= 4 is 84.8 Å². The Bertz CT molecular complexity index is 1360. The van der Waals surface area contributed by atoms with Crippen molar-refractivity contribution in [2.24, 2.45) is 10.2 Å². The molecule has 0 saturated carbocycles. The fraction of sp³-hybridized carbons (Fsp3) is 0. The van der Waals surface area contributed by atoms with Gasteiger partial charge in [-0.15, -0.1) is 10.2 Å². The number of nitro groups is 2. The molecule has 12 nitrogen and oxygen atoms in total. The normalized spacial score (nSPS) is 11.4. The van der Waals surface area contributed by atoms with E-state index in [0.717, 1.165) is 18.2 Å². The number of halogens is 1. The molecule has 0 fully saturated rings. The maximum atomic E-state index is 11.4. The van der Waals surface area contributed by atoms with Crippen LogP contribution in [0.25, 0.3) is 10.8 Å². The number of rotatable bonds is 5. The topological polar surface area (TPSA) is 186 Å². The molecule has 0 aromatic heterocycles. The van der Waals surface area contributed by atoms with E-state index >= 15 is 0 Å². The number of nitrogens with zero attached hydrogens (tertiary/aromatic N) is 4. The minimum absolute atomic E-state index is 0. The van der Waals surface area contributed by atoms with Gasteiger partial charge in [0.15, 0.2) is 5.69 Å². The number of fused-ring (bicyclic) bond motifs is 1. The summed E-state index contributed by atoms with van der Waals surface area (Å²) in [4.78, 5) is 19.9. The molecule has 0 radical (unpaired) electrons. The van der Waals surface area contributed by atoms with E-state index in [9.17, 15) is 38.3 Å². The number of benzene rings is 3. The molecule has 15 heteroatoms. The van der Waals surface area contributed by atoms with Gasteiger partial charge in [-0.25, -0.2) is 0 Å². The number of nitro benzene ring substituents is 2.